The molecule has 2 aromatic carbocycles. The molecular weight excluding hydrogens is 899 g/mol. The summed E-state index contributed by atoms with van der Waals surface area (Å²) in [4.78, 5) is 45.0. The molecule has 0 bridgehead atoms. The van der Waals surface area contributed by atoms with Crippen LogP contribution in [-0.4, -0.2) is 119 Å². The van der Waals surface area contributed by atoms with E-state index in [1.54, 1.807) is 18.3 Å². The number of carbonyl (C=O) groups is 1. The van der Waals surface area contributed by atoms with Crippen LogP contribution in [0.3, 0.4) is 0 Å². The molecule has 69 heavy (non-hydrogen) atoms. The highest BCUT2D eigenvalue weighted by Gasteiger charge is 2.55. The number of pyridine rings is 2. The van der Waals surface area contributed by atoms with Crippen LogP contribution >= 0.6 is 0 Å². The second-order valence-corrected chi connectivity index (χ2v) is 22.4. The summed E-state index contributed by atoms with van der Waals surface area (Å²) in [6.45, 7) is 13.1. The van der Waals surface area contributed by atoms with Crippen molar-refractivity contribution in [2.75, 3.05) is 62.7 Å². The van der Waals surface area contributed by atoms with Gasteiger partial charge >= 0.3 is 0 Å². The van der Waals surface area contributed by atoms with Crippen LogP contribution in [0.4, 0.5) is 17.2 Å². The van der Waals surface area contributed by atoms with E-state index < -0.39 is 37.0 Å². The highest BCUT2D eigenvalue weighted by Crippen LogP contribution is 2.53. The molecule has 3 saturated heterocycles. The van der Waals surface area contributed by atoms with Crippen molar-refractivity contribution < 1.29 is 32.7 Å². The molecule has 18 heteroatoms. The normalized spacial score (nSPS) is 23.7. The fourth-order valence-electron chi connectivity index (χ4n) is 11.5. The van der Waals surface area contributed by atoms with E-state index in [0.717, 1.165) is 95.9 Å². The van der Waals surface area contributed by atoms with Crippen molar-refractivity contribution in [1.82, 2.24) is 29.5 Å². The topological polar surface area (TPSA) is 208 Å². The van der Waals surface area contributed by atoms with E-state index in [4.69, 9.17) is 9.47 Å². The molecule has 6 heterocycles. The number of anilines is 2. The quantitative estimate of drug-likeness (QED) is 0.0620. The molecule has 3 aromatic heterocycles. The van der Waals surface area contributed by atoms with Gasteiger partial charge in [-0.1, -0.05) is 38.1 Å². The number of amides is 1. The van der Waals surface area contributed by atoms with Crippen LogP contribution in [-0.2, 0) is 14.8 Å². The molecule has 3 aliphatic heterocycles. The number of benzene rings is 2. The Labute approximate surface area is 403 Å². The Balaban J connectivity index is 0.844. The van der Waals surface area contributed by atoms with Crippen molar-refractivity contribution in [3.63, 3.8) is 0 Å². The van der Waals surface area contributed by atoms with Crippen molar-refractivity contribution in [2.24, 2.45) is 11.3 Å². The van der Waals surface area contributed by atoms with Gasteiger partial charge in [-0.25, -0.2) is 23.1 Å². The third-order valence-corrected chi connectivity index (χ3v) is 16.8. The molecule has 0 radical (unpaired) electrons. The second-order valence-electron chi connectivity index (χ2n) is 20.7. The summed E-state index contributed by atoms with van der Waals surface area (Å²) in [5.74, 6) is 0.628. The zero-order valence-electron chi connectivity index (χ0n) is 39.6. The number of rotatable bonds is 14. The Morgan fingerprint density at radius 1 is 1.00 bits per heavy atom. The van der Waals surface area contributed by atoms with Gasteiger partial charge in [-0.2, -0.15) is 0 Å². The van der Waals surface area contributed by atoms with E-state index in [1.807, 2.05) is 13.0 Å². The van der Waals surface area contributed by atoms with E-state index in [2.05, 4.69) is 77.8 Å². The lowest BCUT2D eigenvalue weighted by molar-refractivity contribution is -0.384. The molecular formula is C51H63N9O8S. The van der Waals surface area contributed by atoms with Crippen LogP contribution in [0.5, 0.6) is 11.5 Å². The smallest absolute Gasteiger partial charge is 0.293 e. The number of aromatic nitrogens is 3. The number of nitrogens with one attached hydrogen (secondary N) is 3. The molecule has 1 amide bonds. The van der Waals surface area contributed by atoms with Gasteiger partial charge in [-0.3, -0.25) is 24.7 Å². The minimum atomic E-state index is -4.60. The maximum Gasteiger partial charge on any atom is 0.293 e. The number of H-pyrrole nitrogens is 1. The lowest BCUT2D eigenvalue weighted by atomic mass is 9.60. The summed E-state index contributed by atoms with van der Waals surface area (Å²) < 4.78 is 41.7. The molecule has 4 N–H and O–H groups in total. The average molecular weight is 962 g/mol. The number of hydrogen-bond acceptors (Lipinski definition) is 14. The predicted molar refractivity (Wildman–Crippen MR) is 262 cm³/mol. The molecule has 2 aliphatic carbocycles. The SMILES string of the molecule is CC(C)c1ccccc1C1CN(C2CCOCC2)CCN1C1CC2(C1)CN(c1cc(Oc3cnc4[nH]ccc4c3)c(C(=O)NS(=O)(=O)c3ccc(NCC4CCC(C)(O)CC4)c([N+](=O)[O-])c3)cn1)C2. The van der Waals surface area contributed by atoms with Crippen molar-refractivity contribution in [3.05, 3.63) is 106 Å². The van der Waals surface area contributed by atoms with Gasteiger partial charge in [0.05, 0.1) is 21.6 Å². The Hall–Kier alpha value is -5.66. The number of nitro benzene ring substituents is 1. The third kappa shape index (κ3) is 9.91. The molecule has 17 nitrogen and oxygen atoms in total. The van der Waals surface area contributed by atoms with E-state index in [1.165, 1.54) is 35.7 Å². The van der Waals surface area contributed by atoms with Gasteiger partial charge in [0.25, 0.3) is 21.6 Å². The van der Waals surface area contributed by atoms with Crippen LogP contribution in [0, 0.1) is 21.4 Å². The number of aromatic amines is 1. The summed E-state index contributed by atoms with van der Waals surface area (Å²) in [6.07, 6.45) is 11.7. The summed E-state index contributed by atoms with van der Waals surface area (Å²) in [7, 11) is -4.60. The van der Waals surface area contributed by atoms with Crippen LogP contribution in [0.15, 0.2) is 84.1 Å². The molecule has 2 saturated carbocycles. The zero-order valence-corrected chi connectivity index (χ0v) is 40.4. The summed E-state index contributed by atoms with van der Waals surface area (Å²) in [5.41, 5.74) is 2.52. The summed E-state index contributed by atoms with van der Waals surface area (Å²) >= 11 is 0. The largest absolute Gasteiger partial charge is 0.455 e. The standard InChI is InChI=1S/C51H63N9O8S/c1-33(2)40-6-4-5-7-41(40)45-30-57(36-13-20-67-21-14-36)18-19-59(45)37-25-51(26-37)31-58(32-51)47-24-46(68-38-22-35-12-17-52-48(35)55-28-38)42(29-54-47)49(61)56-69(65,66)39-8-9-43(44(23-39)60(63)64)53-27-34-10-15-50(3,62)16-11-34/h4-9,12,17,22-24,28-29,33-34,36-37,45,53,62H,10-11,13-16,18-21,25-27,30-32H2,1-3H3,(H,52,55)(H,56,61). The minimum absolute atomic E-state index is 0.0839. The fraction of sp³-hybridized carbons (Fsp3) is 0.510. The van der Waals surface area contributed by atoms with E-state index in [0.29, 0.717) is 60.6 Å². The highest BCUT2D eigenvalue weighted by atomic mass is 32.2. The molecule has 5 fully saturated rings. The predicted octanol–water partition coefficient (Wildman–Crippen LogP) is 7.76. The Kier molecular flexibility index (Phi) is 12.9. The van der Waals surface area contributed by atoms with E-state index >= 15 is 0 Å². The van der Waals surface area contributed by atoms with Crippen LogP contribution in [0.1, 0.15) is 106 Å². The number of nitrogens with zero attached hydrogens (tertiary/aromatic N) is 6. The first-order chi connectivity index (χ1) is 33.1. The minimum Gasteiger partial charge on any atom is -0.455 e. The third-order valence-electron chi connectivity index (χ3n) is 15.5. The molecule has 1 unspecified atom stereocenters. The first-order valence-corrected chi connectivity index (χ1v) is 26.0. The van der Waals surface area contributed by atoms with Crippen molar-refractivity contribution in [1.29, 1.82) is 0 Å². The molecule has 366 valence electrons. The first-order valence-electron chi connectivity index (χ1n) is 24.5. The maximum absolute atomic E-state index is 14.0. The first kappa shape index (κ1) is 47.0. The lowest BCUT2D eigenvalue weighted by Gasteiger charge is -2.63. The molecule has 5 aliphatic rings. The number of aliphatic hydroxyl groups is 1. The van der Waals surface area contributed by atoms with Gasteiger partial charge in [0.15, 0.2) is 0 Å². The average Bonchev–Trinajstić information content (AvgIpc) is 3.79. The maximum atomic E-state index is 14.0. The van der Waals surface area contributed by atoms with Crippen molar-refractivity contribution in [3.8, 4) is 11.5 Å². The van der Waals surface area contributed by atoms with Gasteiger partial charge in [-0.05, 0) is 106 Å². The van der Waals surface area contributed by atoms with Crippen LogP contribution in [0.2, 0.25) is 0 Å². The lowest BCUT2D eigenvalue weighted by Crippen LogP contribution is -2.68. The van der Waals surface area contributed by atoms with E-state index in [-0.39, 0.29) is 28.3 Å². The number of piperazine rings is 1. The number of fused-ring (bicyclic) bond motifs is 1. The van der Waals surface area contributed by atoms with Crippen molar-refractivity contribution in [2.45, 2.75) is 107 Å². The van der Waals surface area contributed by atoms with Gasteiger partial charge in [0.2, 0.25) is 0 Å². The van der Waals surface area contributed by atoms with Gasteiger partial charge in [-0.15, -0.1) is 0 Å². The Bertz CT molecular complexity index is 2810. The van der Waals surface area contributed by atoms with Gasteiger partial charge < -0.3 is 29.8 Å². The summed E-state index contributed by atoms with van der Waals surface area (Å²) in [5, 5.41) is 26.4. The Morgan fingerprint density at radius 3 is 2.52 bits per heavy atom. The number of sulfonamides is 1. The molecule has 1 spiro atoms. The number of hydrogen-bond donors (Lipinski definition) is 4. The van der Waals surface area contributed by atoms with Crippen LogP contribution in [0.25, 0.3) is 11.0 Å². The van der Waals surface area contributed by atoms with Gasteiger partial charge in [0.1, 0.15) is 34.2 Å². The second kappa shape index (κ2) is 18.9. The van der Waals surface area contributed by atoms with Crippen molar-refractivity contribution >= 4 is 44.2 Å². The molecule has 1 atom stereocenters. The summed E-state index contributed by atoms with van der Waals surface area (Å²) in [6, 6.07) is 19.1. The zero-order chi connectivity index (χ0) is 48.1. The van der Waals surface area contributed by atoms with Crippen LogP contribution < -0.4 is 19.7 Å². The highest BCUT2D eigenvalue weighted by molar-refractivity contribution is 7.90. The van der Waals surface area contributed by atoms with Gasteiger partial charge in [0, 0.05) is 106 Å². The molecule has 10 rings (SSSR count). The molecule has 5 aromatic rings. The fourth-order valence-corrected chi connectivity index (χ4v) is 12.5. The monoisotopic (exact) mass is 961 g/mol. The number of nitro groups is 1. The van der Waals surface area contributed by atoms with E-state index in [9.17, 15) is 28.4 Å². The number of ether oxygens (including phenoxy) is 2. The number of carbonyl (C=O) groups excluding carboxylic acids is 1. The Morgan fingerprint density at radius 2 is 1.77 bits per heavy atom.